The standard InChI is InChI=1S/C29H33N5O/c1-19-13-20(2)15-25(14-19)26-17-27-31-22(4)16-28(34(27)32-26)33-11-9-23(10-12-33)29(35)30-18-24-8-6-5-7-21(24)3/h5-8,13-17,23H,9-12,18H2,1-4H3,(H,30,35). The van der Waals surface area contributed by atoms with Gasteiger partial charge in [-0.15, -0.1) is 0 Å². The Kier molecular flexibility index (Phi) is 6.29. The largest absolute Gasteiger partial charge is 0.356 e. The van der Waals surface area contributed by atoms with Gasteiger partial charge in [-0.05, 0) is 63.8 Å². The summed E-state index contributed by atoms with van der Waals surface area (Å²) in [5, 5.41) is 8.09. The van der Waals surface area contributed by atoms with Gasteiger partial charge in [0, 0.05) is 48.9 Å². The monoisotopic (exact) mass is 467 g/mol. The maximum Gasteiger partial charge on any atom is 0.223 e. The molecule has 0 radical (unpaired) electrons. The molecule has 1 saturated heterocycles. The molecule has 0 saturated carbocycles. The molecule has 3 heterocycles. The Morgan fingerprint density at radius 2 is 1.69 bits per heavy atom. The maximum absolute atomic E-state index is 12.9. The van der Waals surface area contributed by atoms with Crippen LogP contribution >= 0.6 is 0 Å². The fourth-order valence-corrected chi connectivity index (χ4v) is 5.08. The molecule has 0 bridgehead atoms. The van der Waals surface area contributed by atoms with Crippen LogP contribution in [0.3, 0.4) is 0 Å². The number of aromatic nitrogens is 3. The first-order valence-electron chi connectivity index (χ1n) is 12.4. The van der Waals surface area contributed by atoms with Gasteiger partial charge in [0.2, 0.25) is 5.91 Å². The Morgan fingerprint density at radius 1 is 0.971 bits per heavy atom. The van der Waals surface area contributed by atoms with Gasteiger partial charge in [-0.2, -0.15) is 9.61 Å². The van der Waals surface area contributed by atoms with Gasteiger partial charge in [-0.25, -0.2) is 4.98 Å². The highest BCUT2D eigenvalue weighted by Crippen LogP contribution is 2.28. The summed E-state index contributed by atoms with van der Waals surface area (Å²) in [6.07, 6.45) is 1.65. The first-order valence-corrected chi connectivity index (χ1v) is 12.4. The van der Waals surface area contributed by atoms with Crippen LogP contribution in [0.25, 0.3) is 16.9 Å². The molecule has 2 aromatic carbocycles. The molecule has 35 heavy (non-hydrogen) atoms. The molecule has 4 aromatic rings. The highest BCUT2D eigenvalue weighted by atomic mass is 16.1. The molecule has 5 rings (SSSR count). The predicted molar refractivity (Wildman–Crippen MR) is 141 cm³/mol. The van der Waals surface area contributed by atoms with E-state index in [1.165, 1.54) is 22.3 Å². The fourth-order valence-electron chi connectivity index (χ4n) is 5.08. The van der Waals surface area contributed by atoms with Crippen LogP contribution in [-0.2, 0) is 11.3 Å². The Hall–Kier alpha value is -3.67. The number of carbonyl (C=O) groups excluding carboxylic acids is 1. The topological polar surface area (TPSA) is 62.5 Å². The van der Waals surface area contributed by atoms with E-state index in [0.29, 0.717) is 6.54 Å². The average Bonchev–Trinajstić information content (AvgIpc) is 3.26. The van der Waals surface area contributed by atoms with E-state index in [9.17, 15) is 4.79 Å². The van der Waals surface area contributed by atoms with Crippen LogP contribution in [0, 0.1) is 33.6 Å². The van der Waals surface area contributed by atoms with Gasteiger partial charge in [0.15, 0.2) is 5.65 Å². The molecule has 0 spiro atoms. The number of amides is 1. The molecule has 6 nitrogen and oxygen atoms in total. The molecule has 1 fully saturated rings. The number of rotatable bonds is 5. The summed E-state index contributed by atoms with van der Waals surface area (Å²) < 4.78 is 1.96. The fraction of sp³-hybridized carbons (Fsp3) is 0.345. The van der Waals surface area contributed by atoms with E-state index in [1.54, 1.807) is 0 Å². The molecule has 0 unspecified atom stereocenters. The highest BCUT2D eigenvalue weighted by Gasteiger charge is 2.26. The summed E-state index contributed by atoms with van der Waals surface area (Å²) in [4.78, 5) is 19.9. The van der Waals surface area contributed by atoms with E-state index >= 15 is 0 Å². The second-order valence-electron chi connectivity index (χ2n) is 9.84. The lowest BCUT2D eigenvalue weighted by Gasteiger charge is -2.33. The summed E-state index contributed by atoms with van der Waals surface area (Å²) in [5.41, 5.74) is 8.70. The minimum atomic E-state index is 0.0390. The number of nitrogens with one attached hydrogen (secondary N) is 1. The first-order chi connectivity index (χ1) is 16.9. The second kappa shape index (κ2) is 9.53. The third-order valence-corrected chi connectivity index (χ3v) is 6.96. The normalized spacial score (nSPS) is 14.5. The maximum atomic E-state index is 12.9. The number of nitrogens with zero attached hydrogens (tertiary/aromatic N) is 4. The molecule has 1 N–H and O–H groups in total. The minimum Gasteiger partial charge on any atom is -0.356 e. The van der Waals surface area contributed by atoms with Gasteiger partial charge >= 0.3 is 0 Å². The van der Waals surface area contributed by atoms with Gasteiger partial charge < -0.3 is 10.2 Å². The summed E-state index contributed by atoms with van der Waals surface area (Å²) in [6, 6.07) is 18.9. The van der Waals surface area contributed by atoms with Gasteiger partial charge in [0.1, 0.15) is 5.82 Å². The number of carbonyl (C=O) groups is 1. The van der Waals surface area contributed by atoms with E-state index < -0.39 is 0 Å². The van der Waals surface area contributed by atoms with Gasteiger partial charge in [0.05, 0.1) is 5.69 Å². The second-order valence-corrected chi connectivity index (χ2v) is 9.84. The quantitative estimate of drug-likeness (QED) is 0.440. The van der Waals surface area contributed by atoms with Gasteiger partial charge in [-0.3, -0.25) is 4.79 Å². The summed E-state index contributed by atoms with van der Waals surface area (Å²) >= 11 is 0. The Bertz CT molecular complexity index is 1360. The van der Waals surface area contributed by atoms with Crippen molar-refractivity contribution in [1.29, 1.82) is 0 Å². The van der Waals surface area contributed by atoms with Crippen molar-refractivity contribution in [3.05, 3.63) is 82.5 Å². The van der Waals surface area contributed by atoms with E-state index in [0.717, 1.165) is 54.3 Å². The summed E-state index contributed by atoms with van der Waals surface area (Å²) in [7, 11) is 0. The third kappa shape index (κ3) is 4.92. The SMILES string of the molecule is Cc1cc(C)cc(-c2cc3nc(C)cc(N4CCC(C(=O)NCc5ccccc5C)CC4)n3n2)c1. The van der Waals surface area contributed by atoms with Crippen molar-refractivity contribution < 1.29 is 4.79 Å². The Balaban J connectivity index is 1.31. The molecule has 1 aliphatic heterocycles. The van der Waals surface area contributed by atoms with Crippen molar-refractivity contribution in [3.63, 3.8) is 0 Å². The number of hydrogen-bond donors (Lipinski definition) is 1. The summed E-state index contributed by atoms with van der Waals surface area (Å²) in [5.74, 6) is 1.24. The molecule has 1 aliphatic rings. The highest BCUT2D eigenvalue weighted by molar-refractivity contribution is 5.79. The minimum absolute atomic E-state index is 0.0390. The zero-order valence-corrected chi connectivity index (χ0v) is 21.0. The molecule has 1 amide bonds. The van der Waals surface area contributed by atoms with Gasteiger partial charge in [-0.1, -0.05) is 41.5 Å². The molecular formula is C29H33N5O. The van der Waals surface area contributed by atoms with Crippen molar-refractivity contribution in [2.75, 3.05) is 18.0 Å². The van der Waals surface area contributed by atoms with Crippen LogP contribution in [0.2, 0.25) is 0 Å². The van der Waals surface area contributed by atoms with Gasteiger partial charge in [0.25, 0.3) is 0 Å². The summed E-state index contributed by atoms with van der Waals surface area (Å²) in [6.45, 7) is 10.6. The zero-order valence-electron chi connectivity index (χ0n) is 21.0. The number of hydrogen-bond acceptors (Lipinski definition) is 4. The van der Waals surface area contributed by atoms with Crippen LogP contribution in [0.1, 0.15) is 40.8 Å². The predicted octanol–water partition coefficient (Wildman–Crippen LogP) is 5.16. The van der Waals surface area contributed by atoms with E-state index in [-0.39, 0.29) is 11.8 Å². The van der Waals surface area contributed by atoms with Crippen molar-refractivity contribution >= 4 is 17.4 Å². The Morgan fingerprint density at radius 3 is 2.40 bits per heavy atom. The van der Waals surface area contributed by atoms with Crippen molar-refractivity contribution in [2.24, 2.45) is 5.92 Å². The lowest BCUT2D eigenvalue weighted by molar-refractivity contribution is -0.125. The molecular weight excluding hydrogens is 434 g/mol. The van der Waals surface area contributed by atoms with Crippen LogP contribution < -0.4 is 10.2 Å². The number of fused-ring (bicyclic) bond motifs is 1. The van der Waals surface area contributed by atoms with Crippen LogP contribution in [-0.4, -0.2) is 33.6 Å². The lowest BCUT2D eigenvalue weighted by atomic mass is 9.95. The lowest BCUT2D eigenvalue weighted by Crippen LogP contribution is -2.41. The van der Waals surface area contributed by atoms with E-state index in [2.05, 4.69) is 73.5 Å². The average molecular weight is 468 g/mol. The van der Waals surface area contributed by atoms with Crippen molar-refractivity contribution in [1.82, 2.24) is 19.9 Å². The van der Waals surface area contributed by atoms with E-state index in [4.69, 9.17) is 10.1 Å². The molecule has 6 heteroatoms. The number of benzene rings is 2. The Labute approximate surface area is 207 Å². The van der Waals surface area contributed by atoms with Crippen molar-refractivity contribution in [2.45, 2.75) is 47.1 Å². The van der Waals surface area contributed by atoms with Crippen molar-refractivity contribution in [3.8, 4) is 11.3 Å². The molecule has 0 aliphatic carbocycles. The third-order valence-electron chi connectivity index (χ3n) is 6.96. The number of anilines is 1. The zero-order chi connectivity index (χ0) is 24.5. The molecule has 180 valence electrons. The number of piperidine rings is 1. The van der Waals surface area contributed by atoms with E-state index in [1.807, 2.05) is 23.6 Å². The smallest absolute Gasteiger partial charge is 0.223 e. The number of aryl methyl sites for hydroxylation is 4. The molecule has 2 aromatic heterocycles. The van der Waals surface area contributed by atoms with Crippen LogP contribution in [0.15, 0.2) is 54.6 Å². The van der Waals surface area contributed by atoms with Crippen LogP contribution in [0.5, 0.6) is 0 Å². The van der Waals surface area contributed by atoms with Crippen LogP contribution in [0.4, 0.5) is 5.82 Å². The first kappa shape index (κ1) is 23.1. The molecule has 0 atom stereocenters.